The minimum atomic E-state index is -0.193. The number of piperidine rings is 1. The molecule has 2 aliphatic heterocycles. The van der Waals surface area contributed by atoms with Crippen molar-refractivity contribution in [2.75, 3.05) is 19.6 Å². The van der Waals surface area contributed by atoms with E-state index in [1.807, 2.05) is 12.1 Å². The smallest absolute Gasteiger partial charge is 0.207 e. The number of fused-ring (bicyclic) bond motifs is 1. The Morgan fingerprint density at radius 3 is 2.58 bits per heavy atom. The maximum absolute atomic E-state index is 13.2. The number of likely N-dealkylation sites (tertiary alicyclic amines) is 1. The van der Waals surface area contributed by atoms with Crippen LogP contribution in [0.2, 0.25) is 0 Å². The first-order valence-electron chi connectivity index (χ1n) is 12.0. The number of hydrogen-bond donors (Lipinski definition) is 1. The fourth-order valence-corrected chi connectivity index (χ4v) is 5.13. The van der Waals surface area contributed by atoms with E-state index in [0.29, 0.717) is 12.5 Å². The number of aryl methyl sites for hydroxylation is 1. The van der Waals surface area contributed by atoms with Gasteiger partial charge in [0, 0.05) is 25.1 Å². The highest BCUT2D eigenvalue weighted by Gasteiger charge is 2.36. The Kier molecular flexibility index (Phi) is 7.66. The lowest BCUT2D eigenvalue weighted by Crippen LogP contribution is -2.42. The monoisotopic (exact) mass is 454 g/mol. The van der Waals surface area contributed by atoms with Gasteiger partial charge in [-0.1, -0.05) is 24.3 Å². The molecule has 1 N–H and O–H groups in total. The van der Waals surface area contributed by atoms with E-state index < -0.39 is 0 Å². The van der Waals surface area contributed by atoms with Crippen LogP contribution in [-0.2, 0) is 22.5 Å². The SMILES string of the molecule is Cc1ccc2c(c1OC(C)C)CC(C1CCN(Cc3ccc(F)cc3)CC1)OC2CNC=O. The van der Waals surface area contributed by atoms with Crippen LogP contribution in [0.1, 0.15) is 55.0 Å². The molecule has 1 fully saturated rings. The van der Waals surface area contributed by atoms with E-state index in [1.54, 1.807) is 0 Å². The Morgan fingerprint density at radius 1 is 1.18 bits per heavy atom. The molecule has 0 radical (unpaired) electrons. The number of nitrogens with one attached hydrogen (secondary N) is 1. The highest BCUT2D eigenvalue weighted by Crippen LogP contribution is 2.41. The van der Waals surface area contributed by atoms with Crippen LogP contribution < -0.4 is 10.1 Å². The molecule has 2 aromatic rings. The van der Waals surface area contributed by atoms with Gasteiger partial charge >= 0.3 is 0 Å². The normalized spacial score (nSPS) is 21.6. The maximum Gasteiger partial charge on any atom is 0.207 e. The number of nitrogens with zero attached hydrogens (tertiary/aromatic N) is 1. The minimum absolute atomic E-state index is 0.0951. The lowest BCUT2D eigenvalue weighted by atomic mass is 9.83. The molecule has 0 aromatic heterocycles. The van der Waals surface area contributed by atoms with E-state index in [1.165, 1.54) is 17.7 Å². The van der Waals surface area contributed by atoms with Gasteiger partial charge in [-0.3, -0.25) is 9.69 Å². The van der Waals surface area contributed by atoms with Crippen LogP contribution in [0.15, 0.2) is 36.4 Å². The fourth-order valence-electron chi connectivity index (χ4n) is 5.13. The summed E-state index contributed by atoms with van der Waals surface area (Å²) in [6.07, 6.45) is 3.71. The zero-order valence-corrected chi connectivity index (χ0v) is 19.9. The molecule has 5 nitrogen and oxygen atoms in total. The van der Waals surface area contributed by atoms with E-state index in [4.69, 9.17) is 9.47 Å². The van der Waals surface area contributed by atoms with Crippen molar-refractivity contribution in [2.45, 2.75) is 64.9 Å². The third kappa shape index (κ3) is 5.74. The van der Waals surface area contributed by atoms with Crippen LogP contribution in [0.5, 0.6) is 5.75 Å². The average molecular weight is 455 g/mol. The van der Waals surface area contributed by atoms with Gasteiger partial charge in [-0.2, -0.15) is 0 Å². The van der Waals surface area contributed by atoms with Gasteiger partial charge in [-0.25, -0.2) is 4.39 Å². The third-order valence-electron chi connectivity index (χ3n) is 6.80. The second-order valence-corrected chi connectivity index (χ2v) is 9.58. The number of carbonyl (C=O) groups is 1. The van der Waals surface area contributed by atoms with Gasteiger partial charge in [-0.15, -0.1) is 0 Å². The molecular weight excluding hydrogens is 419 g/mol. The van der Waals surface area contributed by atoms with Crippen molar-refractivity contribution in [1.82, 2.24) is 10.2 Å². The van der Waals surface area contributed by atoms with Crippen LogP contribution in [0.4, 0.5) is 4.39 Å². The van der Waals surface area contributed by atoms with Gasteiger partial charge in [0.25, 0.3) is 0 Å². The molecule has 4 rings (SSSR count). The van der Waals surface area contributed by atoms with E-state index in [9.17, 15) is 9.18 Å². The van der Waals surface area contributed by atoms with Crippen LogP contribution in [0, 0.1) is 18.7 Å². The van der Waals surface area contributed by atoms with Crippen molar-refractivity contribution in [2.24, 2.45) is 5.92 Å². The standard InChI is InChI=1S/C27H35FN2O3/c1-18(2)32-27-19(3)4-9-23-24(27)14-25(33-26(23)15-29-17-31)21-10-12-30(13-11-21)16-20-5-7-22(28)8-6-20/h4-9,17-18,21,25-26H,10-16H2,1-3H3,(H,29,31). The summed E-state index contributed by atoms with van der Waals surface area (Å²) in [5.41, 5.74) is 4.63. The van der Waals surface area contributed by atoms with Crippen molar-refractivity contribution >= 4 is 6.41 Å². The number of rotatable bonds is 8. The van der Waals surface area contributed by atoms with Crippen LogP contribution in [-0.4, -0.2) is 43.2 Å². The topological polar surface area (TPSA) is 50.8 Å². The number of carbonyl (C=O) groups excluding carboxylic acids is 1. The lowest BCUT2D eigenvalue weighted by Gasteiger charge is -2.41. The van der Waals surface area contributed by atoms with Crippen molar-refractivity contribution < 1.29 is 18.7 Å². The van der Waals surface area contributed by atoms with Crippen LogP contribution >= 0.6 is 0 Å². The molecule has 178 valence electrons. The lowest BCUT2D eigenvalue weighted by molar-refractivity contribution is -0.111. The summed E-state index contributed by atoms with van der Waals surface area (Å²) in [5.74, 6) is 1.23. The number of hydrogen-bond acceptors (Lipinski definition) is 4. The second kappa shape index (κ2) is 10.7. The molecule has 2 aliphatic rings. The van der Waals surface area contributed by atoms with Crippen molar-refractivity contribution in [1.29, 1.82) is 0 Å². The predicted octanol–water partition coefficient (Wildman–Crippen LogP) is 4.56. The third-order valence-corrected chi connectivity index (χ3v) is 6.80. The number of ether oxygens (including phenoxy) is 2. The first-order chi connectivity index (χ1) is 15.9. The second-order valence-electron chi connectivity index (χ2n) is 9.58. The van der Waals surface area contributed by atoms with Crippen molar-refractivity contribution in [3.63, 3.8) is 0 Å². The molecule has 0 bridgehead atoms. The number of benzene rings is 2. The molecule has 0 spiro atoms. The summed E-state index contributed by atoms with van der Waals surface area (Å²) < 4.78 is 26.0. The molecule has 0 saturated carbocycles. The number of amides is 1. The van der Waals surface area contributed by atoms with E-state index in [-0.39, 0.29) is 24.1 Å². The largest absolute Gasteiger partial charge is 0.490 e. The fraction of sp³-hybridized carbons (Fsp3) is 0.519. The molecule has 1 saturated heterocycles. The van der Waals surface area contributed by atoms with Crippen molar-refractivity contribution in [3.05, 3.63) is 64.5 Å². The molecule has 1 amide bonds. The van der Waals surface area contributed by atoms with Crippen LogP contribution in [0.3, 0.4) is 0 Å². The van der Waals surface area contributed by atoms with Gasteiger partial charge in [0.2, 0.25) is 6.41 Å². The van der Waals surface area contributed by atoms with Gasteiger partial charge in [0.05, 0.1) is 12.2 Å². The molecule has 2 atom stereocenters. The zero-order valence-electron chi connectivity index (χ0n) is 19.9. The summed E-state index contributed by atoms with van der Waals surface area (Å²) in [7, 11) is 0. The Bertz CT molecular complexity index is 939. The summed E-state index contributed by atoms with van der Waals surface area (Å²) in [6, 6.07) is 11.0. The summed E-state index contributed by atoms with van der Waals surface area (Å²) in [5, 5.41) is 2.81. The first-order valence-corrected chi connectivity index (χ1v) is 12.0. The zero-order chi connectivity index (χ0) is 23.4. The summed E-state index contributed by atoms with van der Waals surface area (Å²) >= 11 is 0. The van der Waals surface area contributed by atoms with Gasteiger partial charge in [0.1, 0.15) is 17.7 Å². The Hall–Kier alpha value is -2.44. The minimum Gasteiger partial charge on any atom is -0.490 e. The molecule has 2 heterocycles. The molecule has 6 heteroatoms. The van der Waals surface area contributed by atoms with E-state index in [0.717, 1.165) is 67.7 Å². The van der Waals surface area contributed by atoms with Crippen molar-refractivity contribution in [3.8, 4) is 5.75 Å². The van der Waals surface area contributed by atoms with Gasteiger partial charge < -0.3 is 14.8 Å². The highest BCUT2D eigenvalue weighted by molar-refractivity contribution is 5.50. The molecular formula is C27H35FN2O3. The Balaban J connectivity index is 1.47. The number of halogens is 1. The van der Waals surface area contributed by atoms with Gasteiger partial charge in [0.15, 0.2) is 0 Å². The molecule has 0 aliphatic carbocycles. The Morgan fingerprint density at radius 2 is 1.91 bits per heavy atom. The van der Waals surface area contributed by atoms with E-state index >= 15 is 0 Å². The van der Waals surface area contributed by atoms with Crippen LogP contribution in [0.25, 0.3) is 0 Å². The molecule has 2 unspecified atom stereocenters. The van der Waals surface area contributed by atoms with Gasteiger partial charge in [-0.05, 0) is 81.4 Å². The predicted molar refractivity (Wildman–Crippen MR) is 127 cm³/mol. The quantitative estimate of drug-likeness (QED) is 0.594. The molecule has 2 aromatic carbocycles. The highest BCUT2D eigenvalue weighted by atomic mass is 19.1. The average Bonchev–Trinajstić information content (AvgIpc) is 2.81. The first kappa shape index (κ1) is 23.7. The Labute approximate surface area is 196 Å². The van der Waals surface area contributed by atoms with E-state index in [2.05, 4.69) is 43.1 Å². The maximum atomic E-state index is 13.2. The summed E-state index contributed by atoms with van der Waals surface area (Å²) in [6.45, 7) is 9.49. The summed E-state index contributed by atoms with van der Waals surface area (Å²) in [4.78, 5) is 13.4. The molecule has 33 heavy (non-hydrogen) atoms.